The summed E-state index contributed by atoms with van der Waals surface area (Å²) in [6.45, 7) is 4.71. The molecular formula is C24H28N4O3. The molecule has 1 saturated heterocycles. The molecule has 0 atom stereocenters. The van der Waals surface area contributed by atoms with Gasteiger partial charge in [-0.2, -0.15) is 4.98 Å². The van der Waals surface area contributed by atoms with Gasteiger partial charge in [0.05, 0.1) is 13.7 Å². The number of piperidine rings is 1. The van der Waals surface area contributed by atoms with Crippen molar-refractivity contribution in [3.05, 3.63) is 65.5 Å². The summed E-state index contributed by atoms with van der Waals surface area (Å²) in [5.74, 6) is 2.34. The maximum atomic E-state index is 12.3. The smallest absolute Gasteiger partial charge is 0.234 e. The predicted molar refractivity (Wildman–Crippen MR) is 118 cm³/mol. The molecule has 0 unspecified atom stereocenters. The summed E-state index contributed by atoms with van der Waals surface area (Å²) in [4.78, 5) is 19.1. The Kier molecular flexibility index (Phi) is 6.62. The number of aryl methyl sites for hydroxylation is 1. The van der Waals surface area contributed by atoms with Crippen molar-refractivity contribution in [3.63, 3.8) is 0 Å². The molecule has 2 aromatic carbocycles. The Morgan fingerprint density at radius 2 is 1.84 bits per heavy atom. The average Bonchev–Trinajstić information content (AvgIpc) is 3.29. The fraction of sp³-hybridized carbons (Fsp3) is 0.375. The predicted octanol–water partition coefficient (Wildman–Crippen LogP) is 3.55. The highest BCUT2D eigenvalue weighted by Gasteiger charge is 2.26. The highest BCUT2D eigenvalue weighted by molar-refractivity contribution is 5.78. The van der Waals surface area contributed by atoms with Gasteiger partial charge in [0.2, 0.25) is 17.6 Å². The monoisotopic (exact) mass is 420 g/mol. The summed E-state index contributed by atoms with van der Waals surface area (Å²) in [6.07, 6.45) is 1.80. The molecule has 0 aliphatic carbocycles. The molecule has 3 aromatic rings. The van der Waals surface area contributed by atoms with Gasteiger partial charge in [0.25, 0.3) is 0 Å². The van der Waals surface area contributed by atoms with Crippen LogP contribution in [0.3, 0.4) is 0 Å². The zero-order chi connectivity index (χ0) is 21.6. The number of nitrogens with zero attached hydrogens (tertiary/aromatic N) is 3. The van der Waals surface area contributed by atoms with Gasteiger partial charge < -0.3 is 14.6 Å². The highest BCUT2D eigenvalue weighted by Crippen LogP contribution is 2.28. The van der Waals surface area contributed by atoms with Gasteiger partial charge in [0.15, 0.2) is 0 Å². The molecule has 4 rings (SSSR count). The SMILES string of the molecule is COc1ccc(-c2noc(C3CCN(CC(=O)NCc4ccc(C)cc4)CC3)n2)cc1. The summed E-state index contributed by atoms with van der Waals surface area (Å²) in [5.41, 5.74) is 3.23. The van der Waals surface area contributed by atoms with Crippen LogP contribution in [0, 0.1) is 6.92 Å². The Morgan fingerprint density at radius 1 is 1.13 bits per heavy atom. The van der Waals surface area contributed by atoms with E-state index in [0.717, 1.165) is 42.8 Å². The third-order valence-electron chi connectivity index (χ3n) is 5.70. The second-order valence-electron chi connectivity index (χ2n) is 8.00. The van der Waals surface area contributed by atoms with Gasteiger partial charge >= 0.3 is 0 Å². The van der Waals surface area contributed by atoms with Crippen LogP contribution in [0.25, 0.3) is 11.4 Å². The summed E-state index contributed by atoms with van der Waals surface area (Å²) in [6, 6.07) is 15.8. The van der Waals surface area contributed by atoms with E-state index in [-0.39, 0.29) is 11.8 Å². The van der Waals surface area contributed by atoms with Gasteiger partial charge in [0, 0.05) is 18.0 Å². The van der Waals surface area contributed by atoms with E-state index < -0.39 is 0 Å². The van der Waals surface area contributed by atoms with Crippen LogP contribution < -0.4 is 10.1 Å². The van der Waals surface area contributed by atoms with Gasteiger partial charge in [-0.15, -0.1) is 0 Å². The third kappa shape index (κ3) is 5.49. The summed E-state index contributed by atoms with van der Waals surface area (Å²) in [7, 11) is 1.64. The van der Waals surface area contributed by atoms with E-state index >= 15 is 0 Å². The maximum absolute atomic E-state index is 12.3. The van der Waals surface area contributed by atoms with Gasteiger partial charge in [-0.1, -0.05) is 35.0 Å². The van der Waals surface area contributed by atoms with E-state index in [1.54, 1.807) is 7.11 Å². The second kappa shape index (κ2) is 9.75. The first kappa shape index (κ1) is 21.1. The molecule has 0 spiro atoms. The molecule has 7 nitrogen and oxygen atoms in total. The van der Waals surface area contributed by atoms with Crippen molar-refractivity contribution in [1.82, 2.24) is 20.4 Å². The van der Waals surface area contributed by atoms with Crippen molar-refractivity contribution < 1.29 is 14.1 Å². The lowest BCUT2D eigenvalue weighted by atomic mass is 9.97. The van der Waals surface area contributed by atoms with Gasteiger partial charge in [0.1, 0.15) is 5.75 Å². The number of amides is 1. The van der Waals surface area contributed by atoms with Crippen molar-refractivity contribution in [3.8, 4) is 17.1 Å². The van der Waals surface area contributed by atoms with E-state index in [9.17, 15) is 4.79 Å². The largest absolute Gasteiger partial charge is 0.497 e. The molecule has 2 heterocycles. The fourth-order valence-electron chi connectivity index (χ4n) is 3.76. The number of ether oxygens (including phenoxy) is 1. The van der Waals surface area contributed by atoms with E-state index in [1.165, 1.54) is 5.56 Å². The number of carbonyl (C=O) groups excluding carboxylic acids is 1. The number of benzene rings is 2. The molecule has 7 heteroatoms. The Hall–Kier alpha value is -3.19. The molecule has 1 aromatic heterocycles. The molecule has 1 aliphatic rings. The molecule has 0 saturated carbocycles. The summed E-state index contributed by atoms with van der Waals surface area (Å²) in [5, 5.41) is 7.15. The minimum Gasteiger partial charge on any atom is -0.497 e. The minimum atomic E-state index is 0.0543. The Morgan fingerprint density at radius 3 is 2.52 bits per heavy atom. The first-order valence-corrected chi connectivity index (χ1v) is 10.6. The lowest BCUT2D eigenvalue weighted by molar-refractivity contribution is -0.122. The van der Waals surface area contributed by atoms with E-state index in [1.807, 2.05) is 36.4 Å². The van der Waals surface area contributed by atoms with Crippen molar-refractivity contribution in [1.29, 1.82) is 0 Å². The molecule has 1 amide bonds. The second-order valence-corrected chi connectivity index (χ2v) is 8.00. The first-order valence-electron chi connectivity index (χ1n) is 10.6. The van der Waals surface area contributed by atoms with Crippen molar-refractivity contribution >= 4 is 5.91 Å². The zero-order valence-corrected chi connectivity index (χ0v) is 18.0. The van der Waals surface area contributed by atoms with Crippen LogP contribution in [0.5, 0.6) is 5.75 Å². The van der Waals surface area contributed by atoms with Crippen molar-refractivity contribution in [2.45, 2.75) is 32.2 Å². The van der Waals surface area contributed by atoms with Crippen LogP contribution in [-0.2, 0) is 11.3 Å². The zero-order valence-electron chi connectivity index (χ0n) is 18.0. The minimum absolute atomic E-state index is 0.0543. The molecule has 1 fully saturated rings. The summed E-state index contributed by atoms with van der Waals surface area (Å²) < 4.78 is 10.7. The van der Waals surface area contributed by atoms with Crippen LogP contribution >= 0.6 is 0 Å². The number of hydrogen-bond donors (Lipinski definition) is 1. The number of aromatic nitrogens is 2. The average molecular weight is 421 g/mol. The Labute approximate surface area is 182 Å². The lowest BCUT2D eigenvalue weighted by Crippen LogP contribution is -2.41. The normalized spacial score (nSPS) is 15.0. The molecule has 0 bridgehead atoms. The van der Waals surface area contributed by atoms with Crippen LogP contribution in [0.2, 0.25) is 0 Å². The lowest BCUT2D eigenvalue weighted by Gasteiger charge is -2.29. The third-order valence-corrected chi connectivity index (χ3v) is 5.70. The number of carbonyl (C=O) groups is 1. The maximum Gasteiger partial charge on any atom is 0.234 e. The molecule has 162 valence electrons. The number of rotatable bonds is 7. The molecule has 31 heavy (non-hydrogen) atoms. The van der Waals surface area contributed by atoms with Gasteiger partial charge in [-0.05, 0) is 62.7 Å². The first-order chi connectivity index (χ1) is 15.1. The van der Waals surface area contributed by atoms with Crippen LogP contribution in [0.4, 0.5) is 0 Å². The number of methoxy groups -OCH3 is 1. The highest BCUT2D eigenvalue weighted by atomic mass is 16.5. The molecular weight excluding hydrogens is 392 g/mol. The van der Waals surface area contributed by atoms with Crippen molar-refractivity contribution in [2.24, 2.45) is 0 Å². The Balaban J connectivity index is 1.24. The van der Waals surface area contributed by atoms with Gasteiger partial charge in [-0.25, -0.2) is 0 Å². The number of hydrogen-bond acceptors (Lipinski definition) is 6. The molecule has 1 N–H and O–H groups in total. The van der Waals surface area contributed by atoms with Crippen molar-refractivity contribution in [2.75, 3.05) is 26.7 Å². The van der Waals surface area contributed by atoms with Crippen LogP contribution in [0.1, 0.15) is 35.8 Å². The van der Waals surface area contributed by atoms with Gasteiger partial charge in [-0.3, -0.25) is 9.69 Å². The standard InChI is InChI=1S/C24H28N4O3/c1-17-3-5-18(6-4-17)15-25-22(29)16-28-13-11-20(12-14-28)24-26-23(27-31-24)19-7-9-21(30-2)10-8-19/h3-10,20H,11-16H2,1-2H3,(H,25,29). The topological polar surface area (TPSA) is 80.5 Å². The Bertz CT molecular complexity index is 990. The van der Waals surface area contributed by atoms with E-state index in [2.05, 4.69) is 39.4 Å². The summed E-state index contributed by atoms with van der Waals surface area (Å²) >= 11 is 0. The fourth-order valence-corrected chi connectivity index (χ4v) is 3.76. The van der Waals surface area contributed by atoms with E-state index in [4.69, 9.17) is 9.26 Å². The number of likely N-dealkylation sites (tertiary alicyclic amines) is 1. The molecule has 0 radical (unpaired) electrons. The van der Waals surface area contributed by atoms with Crippen LogP contribution in [0.15, 0.2) is 53.1 Å². The van der Waals surface area contributed by atoms with Crippen LogP contribution in [-0.4, -0.2) is 47.7 Å². The van der Waals surface area contributed by atoms with E-state index in [0.29, 0.717) is 24.8 Å². The number of nitrogens with one attached hydrogen (secondary N) is 1. The molecule has 1 aliphatic heterocycles. The quantitative estimate of drug-likeness (QED) is 0.630.